The summed E-state index contributed by atoms with van der Waals surface area (Å²) in [6.45, 7) is 2.84. The van der Waals surface area contributed by atoms with E-state index in [4.69, 9.17) is 16.3 Å². The number of benzene rings is 1. The number of methoxy groups -OCH3 is 1. The molecular formula is C12H15ClN2O4. The van der Waals surface area contributed by atoms with E-state index in [0.29, 0.717) is 13.2 Å². The third-order valence-electron chi connectivity index (χ3n) is 2.47. The lowest BCUT2D eigenvalue weighted by Gasteiger charge is -2.12. The molecule has 1 rings (SSSR count). The zero-order chi connectivity index (χ0) is 14.4. The number of halogens is 1. The number of non-ortho nitro benzene ring substituents is 1. The molecule has 0 aliphatic carbocycles. The first kappa shape index (κ1) is 15.4. The first-order chi connectivity index (χ1) is 8.95. The summed E-state index contributed by atoms with van der Waals surface area (Å²) in [5, 5.41) is 13.5. The van der Waals surface area contributed by atoms with Crippen molar-refractivity contribution >= 4 is 23.2 Å². The molecule has 1 amide bonds. The number of nitrogens with zero attached hydrogens (tertiary/aromatic N) is 1. The van der Waals surface area contributed by atoms with Gasteiger partial charge in [-0.2, -0.15) is 0 Å². The fourth-order valence-electron chi connectivity index (χ4n) is 1.51. The zero-order valence-corrected chi connectivity index (χ0v) is 11.4. The van der Waals surface area contributed by atoms with Crippen LogP contribution in [0, 0.1) is 16.0 Å². The maximum Gasteiger partial charge on any atom is 0.270 e. The lowest BCUT2D eigenvalue weighted by Crippen LogP contribution is -2.30. The Hall–Kier alpha value is -1.66. The van der Waals surface area contributed by atoms with Crippen molar-refractivity contribution in [3.63, 3.8) is 0 Å². The number of ether oxygens (including phenoxy) is 1. The van der Waals surface area contributed by atoms with E-state index in [1.807, 2.05) is 6.92 Å². The number of carbonyl (C=O) groups is 1. The quantitative estimate of drug-likeness (QED) is 0.642. The van der Waals surface area contributed by atoms with Crippen LogP contribution in [-0.4, -0.2) is 31.1 Å². The van der Waals surface area contributed by atoms with Crippen LogP contribution in [0.2, 0.25) is 5.02 Å². The Morgan fingerprint density at radius 3 is 2.84 bits per heavy atom. The molecule has 0 bridgehead atoms. The highest BCUT2D eigenvalue weighted by molar-refractivity contribution is 6.33. The molecule has 0 aliphatic heterocycles. The summed E-state index contributed by atoms with van der Waals surface area (Å²) < 4.78 is 4.95. The minimum atomic E-state index is -0.569. The average molecular weight is 287 g/mol. The Kier molecular flexibility index (Phi) is 5.72. The minimum absolute atomic E-state index is 0.0977. The molecule has 1 unspecified atom stereocenters. The first-order valence-corrected chi connectivity index (χ1v) is 6.04. The van der Waals surface area contributed by atoms with Gasteiger partial charge in [-0.25, -0.2) is 0 Å². The monoisotopic (exact) mass is 286 g/mol. The van der Waals surface area contributed by atoms with Gasteiger partial charge in [0.1, 0.15) is 0 Å². The Morgan fingerprint density at radius 1 is 1.58 bits per heavy atom. The van der Waals surface area contributed by atoms with Crippen molar-refractivity contribution < 1.29 is 14.5 Å². The highest BCUT2D eigenvalue weighted by atomic mass is 35.5. The number of nitro groups is 1. The molecule has 1 aromatic rings. The maximum atomic E-state index is 11.9. The smallest absolute Gasteiger partial charge is 0.270 e. The van der Waals surface area contributed by atoms with E-state index in [1.165, 1.54) is 18.2 Å². The van der Waals surface area contributed by atoms with Gasteiger partial charge in [0, 0.05) is 25.8 Å². The maximum absolute atomic E-state index is 11.9. The molecule has 0 saturated carbocycles. The highest BCUT2D eigenvalue weighted by Crippen LogP contribution is 2.21. The molecule has 0 aromatic heterocycles. The molecule has 1 atom stereocenters. The van der Waals surface area contributed by atoms with Gasteiger partial charge in [0.2, 0.25) is 0 Å². The van der Waals surface area contributed by atoms with Gasteiger partial charge in [-0.3, -0.25) is 14.9 Å². The predicted octanol–water partition coefficient (Wildman–Crippen LogP) is 2.26. The van der Waals surface area contributed by atoms with E-state index in [-0.39, 0.29) is 22.2 Å². The number of carbonyl (C=O) groups excluding carboxylic acids is 1. The fraction of sp³-hybridized carbons (Fsp3) is 0.417. The number of hydrogen-bond donors (Lipinski definition) is 1. The second kappa shape index (κ2) is 7.06. The van der Waals surface area contributed by atoms with Crippen molar-refractivity contribution in [1.82, 2.24) is 5.32 Å². The van der Waals surface area contributed by atoms with Crippen LogP contribution in [0.3, 0.4) is 0 Å². The average Bonchev–Trinajstić information content (AvgIpc) is 2.36. The Balaban J connectivity index is 2.76. The first-order valence-electron chi connectivity index (χ1n) is 5.66. The molecule has 0 heterocycles. The summed E-state index contributed by atoms with van der Waals surface area (Å²) in [4.78, 5) is 22.0. The van der Waals surface area contributed by atoms with Crippen LogP contribution in [0.5, 0.6) is 0 Å². The van der Waals surface area contributed by atoms with Gasteiger partial charge in [0.05, 0.1) is 22.1 Å². The van der Waals surface area contributed by atoms with Crippen molar-refractivity contribution in [2.24, 2.45) is 5.92 Å². The van der Waals surface area contributed by atoms with E-state index < -0.39 is 10.8 Å². The number of hydrogen-bond acceptors (Lipinski definition) is 4. The van der Waals surface area contributed by atoms with Crippen LogP contribution in [0.1, 0.15) is 17.3 Å². The van der Waals surface area contributed by atoms with Crippen molar-refractivity contribution in [2.75, 3.05) is 20.3 Å². The lowest BCUT2D eigenvalue weighted by atomic mass is 10.1. The third-order valence-corrected chi connectivity index (χ3v) is 2.80. The molecule has 0 saturated heterocycles. The number of nitro benzene ring substituents is 1. The number of nitrogens with one attached hydrogen (secondary N) is 1. The van der Waals surface area contributed by atoms with E-state index in [1.54, 1.807) is 7.11 Å². The van der Waals surface area contributed by atoms with Crippen molar-refractivity contribution in [1.29, 1.82) is 0 Å². The summed E-state index contributed by atoms with van der Waals surface area (Å²) in [5.74, 6) is -0.289. The molecule has 19 heavy (non-hydrogen) atoms. The molecule has 0 radical (unpaired) electrons. The van der Waals surface area contributed by atoms with Gasteiger partial charge in [-0.05, 0) is 12.0 Å². The van der Waals surface area contributed by atoms with E-state index in [9.17, 15) is 14.9 Å². The largest absolute Gasteiger partial charge is 0.384 e. The highest BCUT2D eigenvalue weighted by Gasteiger charge is 2.16. The molecule has 0 fully saturated rings. The Morgan fingerprint density at radius 2 is 2.26 bits per heavy atom. The summed E-state index contributed by atoms with van der Waals surface area (Å²) in [6.07, 6.45) is 0. The topological polar surface area (TPSA) is 81.5 Å². The van der Waals surface area contributed by atoms with E-state index in [2.05, 4.69) is 5.32 Å². The zero-order valence-electron chi connectivity index (χ0n) is 10.7. The van der Waals surface area contributed by atoms with Gasteiger partial charge in [-0.1, -0.05) is 18.5 Å². The molecule has 1 aromatic carbocycles. The van der Waals surface area contributed by atoms with E-state index in [0.717, 1.165) is 0 Å². The Bertz CT molecular complexity index is 479. The minimum Gasteiger partial charge on any atom is -0.384 e. The fourth-order valence-corrected chi connectivity index (χ4v) is 1.71. The predicted molar refractivity (Wildman–Crippen MR) is 71.5 cm³/mol. The SMILES string of the molecule is COCC(C)CNC(=O)c1cc([N+](=O)[O-])ccc1Cl. The molecule has 7 heteroatoms. The molecule has 104 valence electrons. The standard InChI is InChI=1S/C12H15ClN2O4/c1-8(7-19-2)6-14-12(16)10-5-9(15(17)18)3-4-11(10)13/h3-5,8H,6-7H2,1-2H3,(H,14,16). The molecule has 1 N–H and O–H groups in total. The van der Waals surface area contributed by atoms with Crippen LogP contribution < -0.4 is 5.32 Å². The van der Waals surface area contributed by atoms with Gasteiger partial charge in [-0.15, -0.1) is 0 Å². The van der Waals surface area contributed by atoms with Crippen LogP contribution in [0.25, 0.3) is 0 Å². The third kappa shape index (κ3) is 4.50. The number of amides is 1. The van der Waals surface area contributed by atoms with Gasteiger partial charge < -0.3 is 10.1 Å². The van der Waals surface area contributed by atoms with Crippen molar-refractivity contribution in [2.45, 2.75) is 6.92 Å². The van der Waals surface area contributed by atoms with E-state index >= 15 is 0 Å². The summed E-state index contributed by atoms with van der Waals surface area (Å²) in [5.41, 5.74) is -0.0695. The van der Waals surface area contributed by atoms with Crippen LogP contribution in [0.15, 0.2) is 18.2 Å². The molecule has 6 nitrogen and oxygen atoms in total. The second-order valence-corrected chi connectivity index (χ2v) is 4.60. The van der Waals surface area contributed by atoms with Crippen molar-refractivity contribution in [3.05, 3.63) is 38.9 Å². The summed E-state index contributed by atoms with van der Waals surface area (Å²) in [6, 6.07) is 3.76. The summed E-state index contributed by atoms with van der Waals surface area (Å²) in [7, 11) is 1.58. The van der Waals surface area contributed by atoms with Crippen LogP contribution in [0.4, 0.5) is 5.69 Å². The second-order valence-electron chi connectivity index (χ2n) is 4.19. The van der Waals surface area contributed by atoms with Crippen LogP contribution >= 0.6 is 11.6 Å². The van der Waals surface area contributed by atoms with Crippen LogP contribution in [-0.2, 0) is 4.74 Å². The lowest BCUT2D eigenvalue weighted by molar-refractivity contribution is -0.384. The van der Waals surface area contributed by atoms with Gasteiger partial charge >= 0.3 is 0 Å². The number of rotatable bonds is 6. The summed E-state index contributed by atoms with van der Waals surface area (Å²) >= 11 is 5.86. The van der Waals surface area contributed by atoms with Gasteiger partial charge in [0.25, 0.3) is 11.6 Å². The normalized spacial score (nSPS) is 11.9. The molecule has 0 aliphatic rings. The van der Waals surface area contributed by atoms with Gasteiger partial charge in [0.15, 0.2) is 0 Å². The molecule has 0 spiro atoms. The Labute approximate surface area is 115 Å². The molecular weight excluding hydrogens is 272 g/mol. The van der Waals surface area contributed by atoms with Crippen molar-refractivity contribution in [3.8, 4) is 0 Å².